The highest BCUT2D eigenvalue weighted by Crippen LogP contribution is 2.37. The summed E-state index contributed by atoms with van der Waals surface area (Å²) >= 11 is 0. The molecule has 1 atom stereocenters. The van der Waals surface area contributed by atoms with Gasteiger partial charge in [-0.1, -0.05) is 30.3 Å². The van der Waals surface area contributed by atoms with Gasteiger partial charge in [-0.2, -0.15) is 0 Å². The van der Waals surface area contributed by atoms with Gasteiger partial charge in [0.2, 0.25) is 0 Å². The van der Waals surface area contributed by atoms with Crippen LogP contribution in [0.1, 0.15) is 19.3 Å². The first-order valence-electron chi connectivity index (χ1n) is 7.95. The van der Waals surface area contributed by atoms with Gasteiger partial charge < -0.3 is 15.2 Å². The molecule has 1 aliphatic heterocycles. The maximum absolute atomic E-state index is 11.8. The number of methoxy groups -OCH3 is 1. The Kier molecular flexibility index (Phi) is 4.56. The Bertz CT molecular complexity index is 691. The molecule has 2 N–H and O–H groups in total. The number of anilines is 2. The first kappa shape index (κ1) is 15.5. The minimum atomic E-state index is -0.181. The third kappa shape index (κ3) is 3.18. The van der Waals surface area contributed by atoms with Crippen LogP contribution in [-0.2, 0) is 9.53 Å². The van der Waals surface area contributed by atoms with Crippen LogP contribution in [-0.4, -0.2) is 20.1 Å². The molecule has 1 aliphatic rings. The fourth-order valence-electron chi connectivity index (χ4n) is 3.20. The number of hydrogen-bond donors (Lipinski definition) is 2. The van der Waals surface area contributed by atoms with E-state index in [0.29, 0.717) is 6.42 Å². The van der Waals surface area contributed by atoms with E-state index in [-0.39, 0.29) is 18.8 Å². The van der Waals surface area contributed by atoms with E-state index in [1.54, 1.807) is 0 Å². The van der Waals surface area contributed by atoms with Crippen molar-refractivity contribution in [2.24, 2.45) is 0 Å². The molecule has 2 aromatic rings. The maximum atomic E-state index is 11.8. The van der Waals surface area contributed by atoms with Crippen molar-refractivity contribution in [3.8, 4) is 0 Å². The molecule has 4 nitrogen and oxygen atoms in total. The second-order valence-electron chi connectivity index (χ2n) is 5.88. The standard InChI is InChI=1S/C18H21BN2O2/c1-3-4-9-14(12-17(22)23-2)19-20-15-10-5-7-13-8-6-11-16(21-19)18(13)15/h3,5-8,10-11,14,20-21H,1,4,9,12H2,2H3/t14-/m0/s1. The first-order chi connectivity index (χ1) is 11.2. The Labute approximate surface area is 137 Å². The van der Waals surface area contributed by atoms with Crippen molar-refractivity contribution in [2.75, 3.05) is 17.6 Å². The Balaban J connectivity index is 1.88. The van der Waals surface area contributed by atoms with Crippen LogP contribution in [0.3, 0.4) is 0 Å². The van der Waals surface area contributed by atoms with E-state index in [1.807, 2.05) is 6.08 Å². The largest absolute Gasteiger partial charge is 0.469 e. The second kappa shape index (κ2) is 6.77. The third-order valence-corrected chi connectivity index (χ3v) is 4.40. The lowest BCUT2D eigenvalue weighted by atomic mass is 9.57. The van der Waals surface area contributed by atoms with Crippen molar-refractivity contribution in [3.63, 3.8) is 0 Å². The fourth-order valence-corrected chi connectivity index (χ4v) is 3.20. The lowest BCUT2D eigenvalue weighted by molar-refractivity contribution is -0.140. The molecule has 0 radical (unpaired) electrons. The monoisotopic (exact) mass is 308 g/mol. The third-order valence-electron chi connectivity index (χ3n) is 4.40. The first-order valence-corrected chi connectivity index (χ1v) is 7.95. The number of carbonyl (C=O) groups is 1. The number of rotatable bonds is 6. The molecule has 0 saturated heterocycles. The highest BCUT2D eigenvalue weighted by molar-refractivity contribution is 6.69. The molecular weight excluding hydrogens is 287 g/mol. The van der Waals surface area contributed by atoms with Gasteiger partial charge in [-0.25, -0.2) is 0 Å². The van der Waals surface area contributed by atoms with Gasteiger partial charge in [0.1, 0.15) is 0 Å². The summed E-state index contributed by atoms with van der Waals surface area (Å²) in [5.41, 5.74) is 2.21. The number of carbonyl (C=O) groups excluding carboxylic acids is 1. The van der Waals surface area contributed by atoms with E-state index in [2.05, 4.69) is 53.4 Å². The van der Waals surface area contributed by atoms with E-state index in [4.69, 9.17) is 4.74 Å². The number of nitrogens with one attached hydrogen (secondary N) is 2. The molecular formula is C18H21BN2O2. The molecule has 0 fully saturated rings. The molecule has 2 aromatic carbocycles. The van der Waals surface area contributed by atoms with Crippen molar-refractivity contribution in [3.05, 3.63) is 49.1 Å². The molecule has 118 valence electrons. The SMILES string of the molecule is C=CCC[C@@H](CC(=O)OC)B1Nc2cccc3cccc(c23)N1. The molecule has 0 aromatic heterocycles. The van der Waals surface area contributed by atoms with Gasteiger partial charge in [0.15, 0.2) is 0 Å². The molecule has 23 heavy (non-hydrogen) atoms. The number of esters is 1. The zero-order valence-corrected chi connectivity index (χ0v) is 13.3. The van der Waals surface area contributed by atoms with Crippen molar-refractivity contribution >= 4 is 35.1 Å². The molecule has 0 spiro atoms. The summed E-state index contributed by atoms with van der Waals surface area (Å²) in [4.78, 5) is 11.8. The van der Waals surface area contributed by atoms with Crippen molar-refractivity contribution in [1.82, 2.24) is 0 Å². The Morgan fingerprint density at radius 3 is 2.48 bits per heavy atom. The summed E-state index contributed by atoms with van der Waals surface area (Å²) in [7, 11) is 1.44. The van der Waals surface area contributed by atoms with Crippen LogP contribution in [0.15, 0.2) is 49.1 Å². The van der Waals surface area contributed by atoms with Crippen LogP contribution < -0.4 is 10.5 Å². The fraction of sp³-hybridized carbons (Fsp3) is 0.278. The quantitative estimate of drug-likeness (QED) is 0.480. The topological polar surface area (TPSA) is 50.4 Å². The lowest BCUT2D eigenvalue weighted by Crippen LogP contribution is -2.42. The summed E-state index contributed by atoms with van der Waals surface area (Å²) < 4.78 is 4.86. The molecule has 0 unspecified atom stereocenters. The second-order valence-corrected chi connectivity index (χ2v) is 5.88. The average molecular weight is 308 g/mol. The van der Waals surface area contributed by atoms with E-state index in [0.717, 1.165) is 24.2 Å². The van der Waals surface area contributed by atoms with Gasteiger partial charge in [-0.15, -0.1) is 6.58 Å². The zero-order chi connectivity index (χ0) is 16.2. The van der Waals surface area contributed by atoms with E-state index in [1.165, 1.54) is 17.9 Å². The average Bonchev–Trinajstić information content (AvgIpc) is 2.58. The van der Waals surface area contributed by atoms with Crippen LogP contribution in [0.25, 0.3) is 10.8 Å². The molecule has 0 amide bonds. The minimum absolute atomic E-state index is 0.00505. The molecule has 3 rings (SSSR count). The molecule has 5 heteroatoms. The summed E-state index contributed by atoms with van der Waals surface area (Å²) in [6, 6.07) is 12.5. The maximum Gasteiger partial charge on any atom is 0.374 e. The summed E-state index contributed by atoms with van der Waals surface area (Å²) in [5.74, 6) is -0.0520. The summed E-state index contributed by atoms with van der Waals surface area (Å²) in [6.45, 7) is 3.78. The predicted molar refractivity (Wildman–Crippen MR) is 96.8 cm³/mol. The van der Waals surface area contributed by atoms with E-state index >= 15 is 0 Å². The van der Waals surface area contributed by atoms with Crippen molar-refractivity contribution in [1.29, 1.82) is 0 Å². The number of benzene rings is 2. The smallest absolute Gasteiger partial charge is 0.374 e. The highest BCUT2D eigenvalue weighted by atomic mass is 16.5. The van der Waals surface area contributed by atoms with Crippen LogP contribution in [0.5, 0.6) is 0 Å². The molecule has 1 heterocycles. The van der Waals surface area contributed by atoms with Gasteiger partial charge in [-0.05, 0) is 36.2 Å². The summed E-state index contributed by atoms with van der Waals surface area (Å²) in [6.07, 6.45) is 4.02. The van der Waals surface area contributed by atoms with E-state index < -0.39 is 0 Å². The molecule has 0 saturated carbocycles. The van der Waals surface area contributed by atoms with Gasteiger partial charge in [0.05, 0.1) is 7.11 Å². The van der Waals surface area contributed by atoms with Crippen LogP contribution >= 0.6 is 0 Å². The number of allylic oxidation sites excluding steroid dienone is 1. The molecule has 0 bridgehead atoms. The van der Waals surface area contributed by atoms with Crippen LogP contribution in [0, 0.1) is 0 Å². The van der Waals surface area contributed by atoms with Gasteiger partial charge in [-0.3, -0.25) is 4.79 Å². The summed E-state index contributed by atoms with van der Waals surface area (Å²) in [5, 5.41) is 9.50. The Morgan fingerprint density at radius 1 is 1.26 bits per heavy atom. The number of ether oxygens (including phenoxy) is 1. The van der Waals surface area contributed by atoms with E-state index in [9.17, 15) is 4.79 Å². The normalized spacial score (nSPS) is 13.9. The van der Waals surface area contributed by atoms with Crippen LogP contribution in [0.2, 0.25) is 5.82 Å². The lowest BCUT2D eigenvalue weighted by Gasteiger charge is -2.31. The van der Waals surface area contributed by atoms with Crippen molar-refractivity contribution < 1.29 is 9.53 Å². The van der Waals surface area contributed by atoms with Gasteiger partial charge in [0, 0.05) is 23.2 Å². The minimum Gasteiger partial charge on any atom is -0.469 e. The van der Waals surface area contributed by atoms with Crippen LogP contribution in [0.4, 0.5) is 11.4 Å². The Morgan fingerprint density at radius 2 is 1.91 bits per heavy atom. The van der Waals surface area contributed by atoms with Gasteiger partial charge >= 0.3 is 13.0 Å². The van der Waals surface area contributed by atoms with Gasteiger partial charge in [0.25, 0.3) is 0 Å². The zero-order valence-electron chi connectivity index (χ0n) is 13.3. The molecule has 0 aliphatic carbocycles. The predicted octanol–water partition coefficient (Wildman–Crippen LogP) is 4.06. The van der Waals surface area contributed by atoms with Crippen molar-refractivity contribution in [2.45, 2.75) is 25.1 Å². The number of hydrogen-bond acceptors (Lipinski definition) is 4. The highest BCUT2D eigenvalue weighted by Gasteiger charge is 2.32. The Hall–Kier alpha value is -2.43.